The third-order valence-corrected chi connectivity index (χ3v) is 8.59. The number of ether oxygens (including phenoxy) is 1. The summed E-state index contributed by atoms with van der Waals surface area (Å²) in [7, 11) is 0. The number of aliphatic hydroxyl groups is 5. The van der Waals surface area contributed by atoms with E-state index in [1.165, 1.54) is 0 Å². The molecule has 5 N–H and O–H groups in total. The van der Waals surface area contributed by atoms with Crippen LogP contribution in [-0.4, -0.2) is 66.6 Å². The maximum atomic E-state index is 12.5. The van der Waals surface area contributed by atoms with Gasteiger partial charge in [0.1, 0.15) is 17.3 Å². The standard InChI is InChI=1S/C20H30O7/c1-10-5-6-17(23)16(4)8-14(22)27-15(10)20(17,26)19(25)12(3)13(11(2)9-21)7-18(16,19)24/h10-11,15,21,23-26H,5-9H2,1-4H3/t10-,11?,15+,16-,17-,18+,19+,20+/m0/s1. The minimum absolute atomic E-state index is 0.0213. The first kappa shape index (κ1) is 19.3. The van der Waals surface area contributed by atoms with E-state index in [0.717, 1.165) is 0 Å². The monoisotopic (exact) mass is 382 g/mol. The number of aliphatic hydroxyl groups excluding tert-OH is 1. The maximum absolute atomic E-state index is 12.5. The molecule has 7 heteroatoms. The van der Waals surface area contributed by atoms with Crippen LogP contribution in [0.25, 0.3) is 0 Å². The lowest BCUT2D eigenvalue weighted by molar-refractivity contribution is -0.283. The highest BCUT2D eigenvalue weighted by molar-refractivity contribution is 5.74. The SMILES string of the molecule is CC1=C(C(C)CO)C[C@@]2(O)[C@@]3(C)CC(=O)O[C@@H]4[C@@H](C)CC[C@@]3(O)[C@@]4(O)[C@@]12O. The molecule has 7 nitrogen and oxygen atoms in total. The molecule has 1 aliphatic heterocycles. The van der Waals surface area contributed by atoms with Crippen LogP contribution >= 0.6 is 0 Å². The second kappa shape index (κ2) is 5.13. The van der Waals surface area contributed by atoms with Gasteiger partial charge in [-0.1, -0.05) is 26.3 Å². The number of hydrogen-bond acceptors (Lipinski definition) is 7. The van der Waals surface area contributed by atoms with E-state index < -0.39 is 39.9 Å². The molecule has 0 aromatic rings. The fourth-order valence-corrected chi connectivity index (χ4v) is 6.86. The molecule has 4 aliphatic rings. The van der Waals surface area contributed by atoms with Gasteiger partial charge in [0.05, 0.1) is 6.42 Å². The number of hydrogen-bond donors (Lipinski definition) is 5. The van der Waals surface area contributed by atoms with E-state index in [1.54, 1.807) is 20.8 Å². The van der Waals surface area contributed by atoms with E-state index in [1.807, 2.05) is 6.92 Å². The van der Waals surface area contributed by atoms with Gasteiger partial charge in [0.25, 0.3) is 0 Å². The van der Waals surface area contributed by atoms with E-state index in [0.29, 0.717) is 17.6 Å². The molecule has 4 rings (SSSR count). The lowest BCUT2D eigenvalue weighted by Gasteiger charge is -2.54. The van der Waals surface area contributed by atoms with Gasteiger partial charge < -0.3 is 30.3 Å². The zero-order valence-corrected chi connectivity index (χ0v) is 16.3. The molecule has 8 atom stereocenters. The van der Waals surface area contributed by atoms with Gasteiger partial charge in [0, 0.05) is 24.4 Å². The molecule has 0 amide bonds. The summed E-state index contributed by atoms with van der Waals surface area (Å²) < 4.78 is 5.56. The van der Waals surface area contributed by atoms with Crippen LogP contribution in [0.15, 0.2) is 11.1 Å². The Kier molecular flexibility index (Phi) is 3.67. The Morgan fingerprint density at radius 1 is 1.19 bits per heavy atom. The van der Waals surface area contributed by atoms with Crippen molar-refractivity contribution in [2.45, 2.75) is 81.9 Å². The van der Waals surface area contributed by atoms with Crippen molar-refractivity contribution in [2.24, 2.45) is 17.3 Å². The molecule has 27 heavy (non-hydrogen) atoms. The molecule has 3 aliphatic carbocycles. The first-order valence-electron chi connectivity index (χ1n) is 9.75. The van der Waals surface area contributed by atoms with Crippen molar-refractivity contribution in [1.82, 2.24) is 0 Å². The Labute approximate surface area is 158 Å². The van der Waals surface area contributed by atoms with Gasteiger partial charge >= 0.3 is 5.97 Å². The van der Waals surface area contributed by atoms with Crippen LogP contribution < -0.4 is 0 Å². The molecule has 0 spiro atoms. The zero-order valence-electron chi connectivity index (χ0n) is 16.3. The lowest BCUT2D eigenvalue weighted by Crippen LogP contribution is -2.74. The van der Waals surface area contributed by atoms with Crippen LogP contribution in [0, 0.1) is 17.3 Å². The Bertz CT molecular complexity index is 749. The first-order chi connectivity index (χ1) is 12.4. The highest BCUT2D eigenvalue weighted by atomic mass is 16.6. The lowest BCUT2D eigenvalue weighted by atomic mass is 9.57. The third kappa shape index (κ3) is 1.63. The summed E-state index contributed by atoms with van der Waals surface area (Å²) in [5.74, 6) is -1.22. The molecule has 3 fully saturated rings. The molecule has 152 valence electrons. The summed E-state index contributed by atoms with van der Waals surface area (Å²) in [6, 6.07) is 0. The fraction of sp³-hybridized carbons (Fsp3) is 0.850. The van der Waals surface area contributed by atoms with E-state index in [2.05, 4.69) is 0 Å². The topological polar surface area (TPSA) is 127 Å². The van der Waals surface area contributed by atoms with Crippen LogP contribution in [0.5, 0.6) is 0 Å². The molecule has 0 aromatic heterocycles. The number of carbonyl (C=O) groups excluding carboxylic acids is 1. The average Bonchev–Trinajstić information content (AvgIpc) is 2.85. The van der Waals surface area contributed by atoms with E-state index in [9.17, 15) is 30.3 Å². The molecule has 2 saturated carbocycles. The highest BCUT2D eigenvalue weighted by Gasteiger charge is 2.92. The second-order valence-electron chi connectivity index (χ2n) is 9.54. The van der Waals surface area contributed by atoms with E-state index in [4.69, 9.17) is 4.74 Å². The van der Waals surface area contributed by atoms with Gasteiger partial charge in [-0.15, -0.1) is 0 Å². The van der Waals surface area contributed by atoms with Crippen molar-refractivity contribution >= 4 is 5.97 Å². The molecule has 0 aromatic carbocycles. The minimum atomic E-state index is -2.24. The Morgan fingerprint density at radius 3 is 2.41 bits per heavy atom. The minimum Gasteiger partial charge on any atom is -0.459 e. The summed E-state index contributed by atoms with van der Waals surface area (Å²) in [4.78, 5) is 12.5. The Morgan fingerprint density at radius 2 is 1.81 bits per heavy atom. The summed E-state index contributed by atoms with van der Waals surface area (Å²) >= 11 is 0. The predicted octanol–water partition coefficient (Wildman–Crippen LogP) is 0.0247. The Hall–Kier alpha value is -0.990. The number of esters is 1. The van der Waals surface area contributed by atoms with Crippen molar-refractivity contribution in [2.75, 3.05) is 6.61 Å². The van der Waals surface area contributed by atoms with Gasteiger partial charge in [-0.3, -0.25) is 4.79 Å². The van der Waals surface area contributed by atoms with Gasteiger partial charge in [0.2, 0.25) is 0 Å². The van der Waals surface area contributed by atoms with Crippen molar-refractivity contribution in [3.8, 4) is 0 Å². The predicted molar refractivity (Wildman–Crippen MR) is 94.4 cm³/mol. The molecular formula is C20H30O7. The molecule has 1 unspecified atom stereocenters. The molecule has 0 radical (unpaired) electrons. The molecule has 1 saturated heterocycles. The number of carbonyl (C=O) groups is 1. The summed E-state index contributed by atoms with van der Waals surface area (Å²) in [6.45, 7) is 6.61. The zero-order chi connectivity index (χ0) is 20.2. The first-order valence-corrected chi connectivity index (χ1v) is 9.75. The molecular weight excluding hydrogens is 352 g/mol. The van der Waals surface area contributed by atoms with Crippen LogP contribution in [0.4, 0.5) is 0 Å². The third-order valence-electron chi connectivity index (χ3n) is 8.59. The van der Waals surface area contributed by atoms with Gasteiger partial charge in [0.15, 0.2) is 11.2 Å². The van der Waals surface area contributed by atoms with E-state index >= 15 is 0 Å². The fourth-order valence-electron chi connectivity index (χ4n) is 6.86. The average molecular weight is 382 g/mol. The van der Waals surface area contributed by atoms with E-state index in [-0.39, 0.29) is 37.7 Å². The van der Waals surface area contributed by atoms with Gasteiger partial charge in [-0.25, -0.2) is 0 Å². The van der Waals surface area contributed by atoms with Crippen LogP contribution in [0.1, 0.15) is 53.4 Å². The second-order valence-corrected chi connectivity index (χ2v) is 9.54. The van der Waals surface area contributed by atoms with Crippen molar-refractivity contribution < 1.29 is 35.1 Å². The quantitative estimate of drug-likeness (QED) is 0.337. The van der Waals surface area contributed by atoms with Crippen molar-refractivity contribution in [3.05, 3.63) is 11.1 Å². The van der Waals surface area contributed by atoms with Crippen LogP contribution in [-0.2, 0) is 9.53 Å². The van der Waals surface area contributed by atoms with Gasteiger partial charge in [-0.05, 0) is 31.3 Å². The maximum Gasteiger partial charge on any atom is 0.306 e. The smallest absolute Gasteiger partial charge is 0.306 e. The number of rotatable bonds is 2. The number of fused-ring (bicyclic) bond motifs is 2. The molecule has 4 bridgehead atoms. The highest BCUT2D eigenvalue weighted by Crippen LogP contribution is 2.75. The largest absolute Gasteiger partial charge is 0.459 e. The van der Waals surface area contributed by atoms with Crippen LogP contribution in [0.2, 0.25) is 0 Å². The van der Waals surface area contributed by atoms with Crippen molar-refractivity contribution in [3.63, 3.8) is 0 Å². The molecule has 1 heterocycles. The summed E-state index contributed by atoms with van der Waals surface area (Å²) in [6.07, 6.45) is -0.810. The van der Waals surface area contributed by atoms with Gasteiger partial charge in [-0.2, -0.15) is 0 Å². The van der Waals surface area contributed by atoms with Crippen molar-refractivity contribution in [1.29, 1.82) is 0 Å². The normalized spacial score (nSPS) is 55.2. The summed E-state index contributed by atoms with van der Waals surface area (Å²) in [5, 5.41) is 57.3. The Balaban J connectivity index is 2.07. The van der Waals surface area contributed by atoms with Crippen LogP contribution in [0.3, 0.4) is 0 Å². The summed E-state index contributed by atoms with van der Waals surface area (Å²) in [5.41, 5.74) is -8.76.